The third-order valence-corrected chi connectivity index (χ3v) is 3.55. The van der Waals surface area contributed by atoms with Gasteiger partial charge in [-0.25, -0.2) is 9.78 Å². The van der Waals surface area contributed by atoms with E-state index in [-0.39, 0.29) is 0 Å². The lowest BCUT2D eigenvalue weighted by Crippen LogP contribution is -2.46. The van der Waals surface area contributed by atoms with Crippen molar-refractivity contribution < 1.29 is 9.53 Å². The van der Waals surface area contributed by atoms with Crippen molar-refractivity contribution in [2.45, 2.75) is 6.92 Å². The minimum atomic E-state index is -0.436. The van der Waals surface area contributed by atoms with E-state index in [1.807, 2.05) is 0 Å². The van der Waals surface area contributed by atoms with Gasteiger partial charge >= 0.3 is 5.97 Å². The van der Waals surface area contributed by atoms with Gasteiger partial charge < -0.3 is 9.64 Å². The molecule has 100 valence electrons. The lowest BCUT2D eigenvalue weighted by molar-refractivity contribution is 0.0594. The minimum absolute atomic E-state index is 0.303. The lowest BCUT2D eigenvalue weighted by Gasteiger charge is -2.38. The van der Waals surface area contributed by atoms with Crippen LogP contribution in [0.1, 0.15) is 17.4 Å². The first kappa shape index (κ1) is 12.4. The summed E-state index contributed by atoms with van der Waals surface area (Å²) in [6.07, 6.45) is 0. The Balaban J connectivity index is 2.13. The number of carbonyl (C=O) groups excluding carboxylic acids is 1. The largest absolute Gasteiger partial charge is 0.464 e. The van der Waals surface area contributed by atoms with E-state index in [9.17, 15) is 4.79 Å². The Morgan fingerprint density at radius 3 is 2.84 bits per heavy atom. The fraction of sp³-hybridized carbons (Fsp3) is 0.417. The summed E-state index contributed by atoms with van der Waals surface area (Å²) in [7, 11) is 1.35. The van der Waals surface area contributed by atoms with Gasteiger partial charge in [-0.05, 0) is 21.8 Å². The summed E-state index contributed by atoms with van der Waals surface area (Å²) in [6.45, 7) is 4.10. The second-order valence-electron chi connectivity index (χ2n) is 4.74. The average Bonchev–Trinajstić information content (AvgIpc) is 2.73. The maximum atomic E-state index is 11.7. The van der Waals surface area contributed by atoms with Crippen LogP contribution in [0.2, 0.25) is 0 Å². The standard InChI is InChI=1S/C12H13BrN4O2/c1-7-5-16(6-7)11-3-8(12(18)19-2)14-10-4-9(13)15-17(10)11/h3-4,7H,5-6H2,1-2H3. The molecule has 0 aliphatic carbocycles. The predicted molar refractivity (Wildman–Crippen MR) is 73.4 cm³/mol. The highest BCUT2D eigenvalue weighted by molar-refractivity contribution is 9.10. The molecule has 3 rings (SSSR count). The summed E-state index contributed by atoms with van der Waals surface area (Å²) >= 11 is 3.33. The Labute approximate surface area is 118 Å². The third-order valence-electron chi connectivity index (χ3n) is 3.16. The van der Waals surface area contributed by atoms with Crippen LogP contribution in [-0.4, -0.2) is 40.8 Å². The first-order chi connectivity index (χ1) is 9.08. The Bertz CT molecular complexity index is 648. The number of aromatic nitrogens is 3. The summed E-state index contributed by atoms with van der Waals surface area (Å²) in [5.74, 6) is 1.09. The number of esters is 1. The van der Waals surface area contributed by atoms with Crippen molar-refractivity contribution in [3.63, 3.8) is 0 Å². The van der Waals surface area contributed by atoms with Crippen LogP contribution in [0.15, 0.2) is 16.7 Å². The van der Waals surface area contributed by atoms with Crippen LogP contribution in [0.4, 0.5) is 5.82 Å². The zero-order chi connectivity index (χ0) is 13.6. The van der Waals surface area contributed by atoms with Crippen LogP contribution in [0, 0.1) is 5.92 Å². The molecule has 0 radical (unpaired) electrons. The lowest BCUT2D eigenvalue weighted by atomic mass is 10.0. The van der Waals surface area contributed by atoms with Crippen LogP contribution < -0.4 is 4.90 Å². The van der Waals surface area contributed by atoms with Crippen LogP contribution in [-0.2, 0) is 4.74 Å². The number of hydrogen-bond donors (Lipinski definition) is 0. The highest BCUT2D eigenvalue weighted by atomic mass is 79.9. The van der Waals surface area contributed by atoms with Gasteiger partial charge in [-0.3, -0.25) is 0 Å². The summed E-state index contributed by atoms with van der Waals surface area (Å²) in [4.78, 5) is 18.1. The number of halogens is 1. The van der Waals surface area contributed by atoms with E-state index in [0.717, 1.165) is 18.9 Å². The second-order valence-corrected chi connectivity index (χ2v) is 5.55. The molecule has 1 aliphatic rings. The summed E-state index contributed by atoms with van der Waals surface area (Å²) in [5, 5.41) is 4.34. The van der Waals surface area contributed by atoms with E-state index in [0.29, 0.717) is 21.9 Å². The number of carbonyl (C=O) groups is 1. The van der Waals surface area contributed by atoms with Crippen molar-refractivity contribution in [1.29, 1.82) is 0 Å². The molecule has 0 unspecified atom stereocenters. The van der Waals surface area contributed by atoms with Crippen molar-refractivity contribution >= 4 is 33.4 Å². The zero-order valence-electron chi connectivity index (χ0n) is 10.6. The van der Waals surface area contributed by atoms with E-state index in [1.54, 1.807) is 16.6 Å². The van der Waals surface area contributed by atoms with E-state index in [2.05, 4.69) is 37.8 Å². The van der Waals surface area contributed by atoms with Crippen molar-refractivity contribution in [3.8, 4) is 0 Å². The minimum Gasteiger partial charge on any atom is -0.464 e. The van der Waals surface area contributed by atoms with Crippen molar-refractivity contribution in [2.75, 3.05) is 25.1 Å². The molecule has 6 nitrogen and oxygen atoms in total. The van der Waals surface area contributed by atoms with E-state index in [4.69, 9.17) is 4.74 Å². The second kappa shape index (κ2) is 4.48. The van der Waals surface area contributed by atoms with Crippen LogP contribution in [0.25, 0.3) is 5.65 Å². The van der Waals surface area contributed by atoms with Crippen molar-refractivity contribution in [2.24, 2.45) is 5.92 Å². The Kier molecular flexibility index (Phi) is 2.93. The molecule has 0 amide bonds. The summed E-state index contributed by atoms with van der Waals surface area (Å²) in [5.41, 5.74) is 0.932. The molecule has 1 aliphatic heterocycles. The molecule has 1 fully saturated rings. The number of rotatable bonds is 2. The molecule has 2 aromatic heterocycles. The molecule has 7 heteroatoms. The number of ether oxygens (including phenoxy) is 1. The normalized spacial score (nSPS) is 15.6. The van der Waals surface area contributed by atoms with Gasteiger partial charge in [0.2, 0.25) is 0 Å². The van der Waals surface area contributed by atoms with Gasteiger partial charge in [0.1, 0.15) is 10.4 Å². The monoisotopic (exact) mass is 324 g/mol. The zero-order valence-corrected chi connectivity index (χ0v) is 12.2. The van der Waals surface area contributed by atoms with Gasteiger partial charge in [-0.15, -0.1) is 0 Å². The van der Waals surface area contributed by atoms with Crippen LogP contribution in [0.3, 0.4) is 0 Å². The molecule has 0 atom stereocenters. The molecule has 3 heterocycles. The maximum Gasteiger partial charge on any atom is 0.356 e. The van der Waals surface area contributed by atoms with Gasteiger partial charge in [-0.2, -0.15) is 9.61 Å². The van der Waals surface area contributed by atoms with Gasteiger partial charge in [0.25, 0.3) is 0 Å². The SMILES string of the molecule is COC(=O)c1cc(N2CC(C)C2)n2nc(Br)cc2n1. The van der Waals surface area contributed by atoms with Gasteiger partial charge in [0, 0.05) is 25.2 Å². The first-order valence-corrected chi connectivity index (χ1v) is 6.77. The number of fused-ring (bicyclic) bond motifs is 1. The molecular weight excluding hydrogens is 312 g/mol. The molecule has 0 saturated carbocycles. The fourth-order valence-corrected chi connectivity index (χ4v) is 2.61. The molecule has 0 bridgehead atoms. The molecule has 0 N–H and O–H groups in total. The van der Waals surface area contributed by atoms with Gasteiger partial charge in [0.15, 0.2) is 11.3 Å². The Hall–Kier alpha value is -1.63. The number of hydrogen-bond acceptors (Lipinski definition) is 5. The highest BCUT2D eigenvalue weighted by Crippen LogP contribution is 2.26. The topological polar surface area (TPSA) is 59.7 Å². The van der Waals surface area contributed by atoms with Gasteiger partial charge in [-0.1, -0.05) is 6.92 Å². The fourth-order valence-electron chi connectivity index (χ4n) is 2.25. The maximum absolute atomic E-state index is 11.7. The van der Waals surface area contributed by atoms with Crippen molar-refractivity contribution in [3.05, 3.63) is 22.4 Å². The van der Waals surface area contributed by atoms with Crippen LogP contribution >= 0.6 is 15.9 Å². The number of nitrogens with zero attached hydrogens (tertiary/aromatic N) is 4. The predicted octanol–water partition coefficient (Wildman–Crippen LogP) is 1.73. The Morgan fingerprint density at radius 2 is 2.21 bits per heavy atom. The van der Waals surface area contributed by atoms with Gasteiger partial charge in [0.05, 0.1) is 7.11 Å². The molecule has 19 heavy (non-hydrogen) atoms. The van der Waals surface area contributed by atoms with Crippen molar-refractivity contribution in [1.82, 2.24) is 14.6 Å². The number of anilines is 1. The molecule has 1 saturated heterocycles. The van der Waals surface area contributed by atoms with Crippen LogP contribution in [0.5, 0.6) is 0 Å². The molecule has 0 spiro atoms. The smallest absolute Gasteiger partial charge is 0.356 e. The highest BCUT2D eigenvalue weighted by Gasteiger charge is 2.26. The first-order valence-electron chi connectivity index (χ1n) is 5.98. The Morgan fingerprint density at radius 1 is 1.47 bits per heavy atom. The average molecular weight is 325 g/mol. The molecule has 2 aromatic rings. The third kappa shape index (κ3) is 2.07. The summed E-state index contributed by atoms with van der Waals surface area (Å²) < 4.78 is 7.17. The summed E-state index contributed by atoms with van der Waals surface area (Å²) in [6, 6.07) is 3.50. The quantitative estimate of drug-likeness (QED) is 0.787. The number of methoxy groups -OCH3 is 1. The molecule has 0 aromatic carbocycles. The molecular formula is C12H13BrN4O2. The van der Waals surface area contributed by atoms with E-state index >= 15 is 0 Å². The van der Waals surface area contributed by atoms with E-state index in [1.165, 1.54) is 7.11 Å². The van der Waals surface area contributed by atoms with E-state index < -0.39 is 5.97 Å².